The van der Waals surface area contributed by atoms with Crippen molar-refractivity contribution in [2.24, 2.45) is 0 Å². The van der Waals surface area contributed by atoms with E-state index in [4.69, 9.17) is 9.47 Å². The molecule has 2 rings (SSSR count). The normalized spacial score (nSPS) is 28.6. The quantitative estimate of drug-likeness (QED) is 0.790. The fourth-order valence-electron chi connectivity index (χ4n) is 1.91. The Labute approximate surface area is 105 Å². The second kappa shape index (κ2) is 5.19. The summed E-state index contributed by atoms with van der Waals surface area (Å²) in [5.74, 6) is 0.939. The van der Waals surface area contributed by atoms with Gasteiger partial charge in [-0.15, -0.1) is 0 Å². The number of aryl methyl sites for hydroxylation is 1. The van der Waals surface area contributed by atoms with Crippen LogP contribution in [0.15, 0.2) is 24.3 Å². The van der Waals surface area contributed by atoms with Gasteiger partial charge in [0.25, 0.3) is 0 Å². The number of rotatable bonds is 4. The van der Waals surface area contributed by atoms with Crippen LogP contribution >= 0.6 is 15.9 Å². The Morgan fingerprint density at radius 1 is 1.44 bits per heavy atom. The van der Waals surface area contributed by atoms with Gasteiger partial charge in [0.15, 0.2) is 0 Å². The summed E-state index contributed by atoms with van der Waals surface area (Å²) in [6.07, 6.45) is 1.38. The van der Waals surface area contributed by atoms with Crippen molar-refractivity contribution in [3.8, 4) is 5.75 Å². The van der Waals surface area contributed by atoms with Crippen molar-refractivity contribution in [2.45, 2.75) is 37.3 Å². The maximum absolute atomic E-state index is 5.91. The van der Waals surface area contributed by atoms with Crippen LogP contribution in [0.2, 0.25) is 0 Å². The number of hydrogen-bond acceptors (Lipinski definition) is 2. The van der Waals surface area contributed by atoms with E-state index >= 15 is 0 Å². The van der Waals surface area contributed by atoms with Crippen molar-refractivity contribution in [1.82, 2.24) is 0 Å². The number of halogens is 1. The molecule has 88 valence electrons. The zero-order chi connectivity index (χ0) is 11.5. The average molecular weight is 285 g/mol. The molecule has 2 nitrogen and oxygen atoms in total. The topological polar surface area (TPSA) is 18.5 Å². The summed E-state index contributed by atoms with van der Waals surface area (Å²) in [6, 6.07) is 8.15. The molecule has 0 radical (unpaired) electrons. The van der Waals surface area contributed by atoms with Crippen LogP contribution in [0.4, 0.5) is 0 Å². The Morgan fingerprint density at radius 2 is 2.25 bits per heavy atom. The van der Waals surface area contributed by atoms with E-state index in [9.17, 15) is 0 Å². The fraction of sp³-hybridized carbons (Fsp3) is 0.538. The Balaban J connectivity index is 1.95. The fourth-order valence-corrected chi connectivity index (χ4v) is 2.77. The summed E-state index contributed by atoms with van der Waals surface area (Å²) in [7, 11) is 0. The molecule has 1 aromatic carbocycles. The maximum Gasteiger partial charge on any atom is 0.127 e. The zero-order valence-corrected chi connectivity index (χ0v) is 11.2. The first-order valence-corrected chi connectivity index (χ1v) is 6.61. The first-order valence-electron chi connectivity index (χ1n) is 5.69. The van der Waals surface area contributed by atoms with Gasteiger partial charge in [0.1, 0.15) is 18.0 Å². The molecule has 0 spiro atoms. The smallest absolute Gasteiger partial charge is 0.127 e. The van der Waals surface area contributed by atoms with Crippen LogP contribution in [0.3, 0.4) is 0 Å². The molecule has 1 fully saturated rings. The van der Waals surface area contributed by atoms with E-state index in [1.807, 2.05) is 19.1 Å². The molecule has 0 bridgehead atoms. The molecule has 0 heterocycles. The summed E-state index contributed by atoms with van der Waals surface area (Å²) in [5, 5.41) is 0. The van der Waals surface area contributed by atoms with Crippen LogP contribution in [0.1, 0.15) is 18.9 Å². The Morgan fingerprint density at radius 3 is 2.88 bits per heavy atom. The molecule has 0 saturated heterocycles. The van der Waals surface area contributed by atoms with E-state index < -0.39 is 0 Å². The predicted octanol–water partition coefficient (Wildman–Crippen LogP) is 3.31. The van der Waals surface area contributed by atoms with E-state index in [1.165, 1.54) is 5.56 Å². The minimum absolute atomic E-state index is 0.186. The van der Waals surface area contributed by atoms with Crippen LogP contribution in [-0.2, 0) is 4.74 Å². The van der Waals surface area contributed by atoms with Gasteiger partial charge < -0.3 is 9.47 Å². The lowest BCUT2D eigenvalue weighted by Crippen LogP contribution is -2.52. The highest BCUT2D eigenvalue weighted by molar-refractivity contribution is 9.09. The maximum atomic E-state index is 5.91. The van der Waals surface area contributed by atoms with Crippen LogP contribution < -0.4 is 4.74 Å². The molecular formula is C13H17BrO2. The van der Waals surface area contributed by atoms with Crippen molar-refractivity contribution < 1.29 is 9.47 Å². The zero-order valence-electron chi connectivity index (χ0n) is 9.65. The second-order valence-electron chi connectivity index (χ2n) is 4.14. The van der Waals surface area contributed by atoms with Gasteiger partial charge in [-0.05, 0) is 31.5 Å². The van der Waals surface area contributed by atoms with E-state index in [0.717, 1.165) is 18.8 Å². The molecule has 0 N–H and O–H groups in total. The van der Waals surface area contributed by atoms with E-state index in [1.54, 1.807) is 0 Å². The molecule has 16 heavy (non-hydrogen) atoms. The Kier molecular flexibility index (Phi) is 3.87. The molecule has 1 aromatic rings. The summed E-state index contributed by atoms with van der Waals surface area (Å²) in [5.41, 5.74) is 1.22. The third kappa shape index (κ3) is 2.58. The SMILES string of the molecule is CCOC1C(Br)CC1Oc1cccc(C)c1. The number of benzene rings is 1. The summed E-state index contributed by atoms with van der Waals surface area (Å²) in [6.45, 7) is 4.82. The third-order valence-electron chi connectivity index (χ3n) is 2.82. The minimum Gasteiger partial charge on any atom is -0.488 e. The van der Waals surface area contributed by atoms with Crippen LogP contribution in [0.5, 0.6) is 5.75 Å². The molecule has 0 amide bonds. The van der Waals surface area contributed by atoms with E-state index in [2.05, 4.69) is 35.0 Å². The summed E-state index contributed by atoms with van der Waals surface area (Å²) in [4.78, 5) is 0.433. The van der Waals surface area contributed by atoms with Crippen molar-refractivity contribution in [1.29, 1.82) is 0 Å². The van der Waals surface area contributed by atoms with Crippen LogP contribution in [0.25, 0.3) is 0 Å². The van der Waals surface area contributed by atoms with Crippen LogP contribution in [-0.4, -0.2) is 23.6 Å². The lowest BCUT2D eigenvalue weighted by Gasteiger charge is -2.40. The Hall–Kier alpha value is -0.540. The average Bonchev–Trinajstić information content (AvgIpc) is 2.26. The molecule has 1 aliphatic carbocycles. The summed E-state index contributed by atoms with van der Waals surface area (Å²) >= 11 is 3.59. The standard InChI is InChI=1S/C13H17BrO2/c1-3-15-13-11(14)8-12(13)16-10-6-4-5-9(2)7-10/h4-7,11-13H,3,8H2,1-2H3. The second-order valence-corrected chi connectivity index (χ2v) is 5.32. The molecule has 3 unspecified atom stereocenters. The highest BCUT2D eigenvalue weighted by atomic mass is 79.9. The predicted molar refractivity (Wildman–Crippen MR) is 68.3 cm³/mol. The number of hydrogen-bond donors (Lipinski definition) is 0. The number of alkyl halides is 1. The van der Waals surface area contributed by atoms with Gasteiger partial charge in [0.05, 0.1) is 0 Å². The highest BCUT2D eigenvalue weighted by Crippen LogP contribution is 2.34. The third-order valence-corrected chi connectivity index (χ3v) is 3.71. The molecule has 0 aromatic heterocycles. The highest BCUT2D eigenvalue weighted by Gasteiger charge is 2.42. The first-order chi connectivity index (χ1) is 7.70. The molecule has 0 aliphatic heterocycles. The van der Waals surface area contributed by atoms with Crippen molar-refractivity contribution >= 4 is 15.9 Å². The monoisotopic (exact) mass is 284 g/mol. The van der Waals surface area contributed by atoms with Gasteiger partial charge in [0, 0.05) is 17.9 Å². The largest absolute Gasteiger partial charge is 0.488 e. The van der Waals surface area contributed by atoms with E-state index in [0.29, 0.717) is 4.83 Å². The van der Waals surface area contributed by atoms with Gasteiger partial charge in [0.2, 0.25) is 0 Å². The van der Waals surface area contributed by atoms with Crippen molar-refractivity contribution in [3.05, 3.63) is 29.8 Å². The lowest BCUT2D eigenvalue weighted by atomic mass is 9.91. The first kappa shape index (κ1) is 11.9. The van der Waals surface area contributed by atoms with Gasteiger partial charge in [-0.1, -0.05) is 28.1 Å². The van der Waals surface area contributed by atoms with E-state index in [-0.39, 0.29) is 12.2 Å². The van der Waals surface area contributed by atoms with Gasteiger partial charge >= 0.3 is 0 Å². The minimum atomic E-state index is 0.186. The van der Waals surface area contributed by atoms with Gasteiger partial charge in [-0.25, -0.2) is 0 Å². The number of ether oxygens (including phenoxy) is 2. The molecule has 1 saturated carbocycles. The van der Waals surface area contributed by atoms with Crippen molar-refractivity contribution in [3.63, 3.8) is 0 Å². The van der Waals surface area contributed by atoms with Crippen LogP contribution in [0, 0.1) is 6.92 Å². The molecule has 3 heteroatoms. The van der Waals surface area contributed by atoms with Gasteiger partial charge in [-0.2, -0.15) is 0 Å². The Bertz CT molecular complexity index is 354. The van der Waals surface area contributed by atoms with Crippen molar-refractivity contribution in [2.75, 3.05) is 6.61 Å². The molecular weight excluding hydrogens is 268 g/mol. The molecule has 1 aliphatic rings. The lowest BCUT2D eigenvalue weighted by molar-refractivity contribution is -0.0723. The molecule has 3 atom stereocenters. The summed E-state index contributed by atoms with van der Waals surface area (Å²) < 4.78 is 11.5. The van der Waals surface area contributed by atoms with Gasteiger partial charge in [-0.3, -0.25) is 0 Å².